The van der Waals surface area contributed by atoms with E-state index in [1.165, 1.54) is 40.0 Å². The summed E-state index contributed by atoms with van der Waals surface area (Å²) in [5.74, 6) is 5.91. The molecule has 1 saturated carbocycles. The fourth-order valence-corrected chi connectivity index (χ4v) is 8.11. The molecule has 1 aliphatic rings. The first-order valence-corrected chi connectivity index (χ1v) is 12.2. The first-order chi connectivity index (χ1) is 11.7. The second-order valence-electron chi connectivity index (χ2n) is 7.93. The molecule has 0 aliphatic heterocycles. The minimum atomic E-state index is -1.76. The van der Waals surface area contributed by atoms with Crippen LogP contribution >= 0.6 is 0 Å². The lowest BCUT2D eigenvalue weighted by Gasteiger charge is -2.38. The summed E-state index contributed by atoms with van der Waals surface area (Å²) in [5, 5.41) is 2.68. The van der Waals surface area contributed by atoms with Gasteiger partial charge in [0, 0.05) is 6.04 Å². The summed E-state index contributed by atoms with van der Waals surface area (Å²) in [6, 6.07) is 15.7. The Kier molecular flexibility index (Phi) is 5.14. The lowest BCUT2D eigenvalue weighted by molar-refractivity contribution is 0.717. The van der Waals surface area contributed by atoms with Crippen molar-refractivity contribution in [2.75, 3.05) is 0 Å². The number of hydrogen-bond donors (Lipinski definition) is 1. The molecule has 2 aromatic rings. The lowest BCUT2D eigenvalue weighted by Crippen LogP contribution is -2.53. The molecular weight excluding hydrogens is 318 g/mol. The van der Waals surface area contributed by atoms with Crippen LogP contribution in [0.3, 0.4) is 0 Å². The molecule has 2 aromatic carbocycles. The summed E-state index contributed by atoms with van der Waals surface area (Å²) in [6.45, 7) is 16.3. The highest BCUT2D eigenvalue weighted by Crippen LogP contribution is 2.55. The third-order valence-corrected chi connectivity index (χ3v) is 9.08. The lowest BCUT2D eigenvalue weighted by atomic mass is 9.92. The van der Waals surface area contributed by atoms with Crippen molar-refractivity contribution in [2.45, 2.75) is 53.8 Å². The number of rotatable bonds is 4. The number of fused-ring (bicyclic) bond motifs is 1. The average Bonchev–Trinajstić information content (AvgIpc) is 2.77. The number of nitrogens with one attached hydrogen (secondary N) is 1. The van der Waals surface area contributed by atoms with E-state index in [4.69, 9.17) is 0 Å². The van der Waals surface area contributed by atoms with Crippen LogP contribution in [0.1, 0.15) is 46.2 Å². The summed E-state index contributed by atoms with van der Waals surface area (Å²) in [5.41, 5.74) is 2.99. The van der Waals surface area contributed by atoms with Crippen LogP contribution < -0.4 is 4.98 Å². The van der Waals surface area contributed by atoms with E-state index in [1.807, 2.05) is 0 Å². The van der Waals surface area contributed by atoms with Crippen LogP contribution in [0.4, 0.5) is 0 Å². The second-order valence-corrected chi connectivity index (χ2v) is 12.0. The van der Waals surface area contributed by atoms with Gasteiger partial charge >= 0.3 is 0 Å². The van der Waals surface area contributed by atoms with Crippen molar-refractivity contribution >= 4 is 19.0 Å². The molecule has 1 fully saturated rings. The molecule has 3 rings (SSSR count). The van der Waals surface area contributed by atoms with Gasteiger partial charge in [-0.3, -0.25) is 0 Å². The maximum absolute atomic E-state index is 4.04. The Morgan fingerprint density at radius 3 is 1.96 bits per heavy atom. The van der Waals surface area contributed by atoms with Gasteiger partial charge < -0.3 is 4.98 Å². The SMILES string of the molecule is C[C]1[C](C)[C](C)[C]([Si](C)(C)N[C@H](C)c2cccc3ccccc23)[C]1C. The van der Waals surface area contributed by atoms with Crippen LogP contribution in [-0.2, 0) is 0 Å². The zero-order valence-electron chi connectivity index (χ0n) is 16.6. The van der Waals surface area contributed by atoms with Crippen molar-refractivity contribution in [2.24, 2.45) is 0 Å². The molecule has 1 aliphatic carbocycles. The Labute approximate surface area is 155 Å². The van der Waals surface area contributed by atoms with Crippen molar-refractivity contribution in [3.8, 4) is 0 Å². The molecule has 1 nitrogen and oxygen atoms in total. The van der Waals surface area contributed by atoms with Gasteiger partial charge in [-0.25, -0.2) is 0 Å². The van der Waals surface area contributed by atoms with Crippen LogP contribution in [0.5, 0.6) is 0 Å². The van der Waals surface area contributed by atoms with Gasteiger partial charge in [-0.1, -0.05) is 83.3 Å². The highest BCUT2D eigenvalue weighted by Gasteiger charge is 2.51. The molecule has 1 N–H and O–H groups in total. The molecule has 1 atom stereocenters. The summed E-state index contributed by atoms with van der Waals surface area (Å²) >= 11 is 0. The third kappa shape index (κ3) is 3.31. The maximum atomic E-state index is 4.04. The molecule has 0 heterocycles. The number of benzene rings is 2. The molecule has 0 aromatic heterocycles. The monoisotopic (exact) mass is 348 g/mol. The van der Waals surface area contributed by atoms with Gasteiger partial charge in [0.05, 0.1) is 0 Å². The van der Waals surface area contributed by atoms with Crippen LogP contribution in [-0.4, -0.2) is 8.24 Å². The summed E-state index contributed by atoms with van der Waals surface area (Å²) in [7, 11) is -1.76. The number of hydrogen-bond acceptors (Lipinski definition) is 1. The Balaban J connectivity index is 1.87. The highest BCUT2D eigenvalue weighted by atomic mass is 28.3. The van der Waals surface area contributed by atoms with Gasteiger partial charge in [-0.05, 0) is 52.5 Å². The van der Waals surface area contributed by atoms with Crippen LogP contribution in [0.15, 0.2) is 42.5 Å². The average molecular weight is 349 g/mol. The van der Waals surface area contributed by atoms with Crippen molar-refractivity contribution in [1.82, 2.24) is 4.98 Å². The van der Waals surface area contributed by atoms with E-state index in [-0.39, 0.29) is 0 Å². The van der Waals surface area contributed by atoms with Gasteiger partial charge in [0.1, 0.15) is 8.24 Å². The second kappa shape index (κ2) is 6.89. The van der Waals surface area contributed by atoms with E-state index in [0.717, 1.165) is 0 Å². The fraction of sp³-hybridized carbons (Fsp3) is 0.348. The Bertz CT molecular complexity index is 718. The molecule has 2 heteroatoms. The zero-order chi connectivity index (χ0) is 18.4. The van der Waals surface area contributed by atoms with Gasteiger partial charge in [-0.2, -0.15) is 0 Å². The largest absolute Gasteiger partial charge is 0.331 e. The molecule has 25 heavy (non-hydrogen) atoms. The van der Waals surface area contributed by atoms with E-state index >= 15 is 0 Å². The van der Waals surface area contributed by atoms with E-state index < -0.39 is 8.24 Å². The normalized spacial score (nSPS) is 20.6. The van der Waals surface area contributed by atoms with Crippen LogP contribution in [0.2, 0.25) is 13.1 Å². The van der Waals surface area contributed by atoms with Gasteiger partial charge in [0.15, 0.2) is 0 Å². The Morgan fingerprint density at radius 2 is 1.32 bits per heavy atom. The first-order valence-electron chi connectivity index (χ1n) is 9.23. The molecule has 0 bridgehead atoms. The highest BCUT2D eigenvalue weighted by molar-refractivity contribution is 6.82. The molecule has 0 spiro atoms. The van der Waals surface area contributed by atoms with E-state index in [2.05, 4.69) is 95.2 Å². The first kappa shape index (κ1) is 18.7. The van der Waals surface area contributed by atoms with Gasteiger partial charge in [0.25, 0.3) is 0 Å². The summed E-state index contributed by atoms with van der Waals surface area (Å²) in [4.78, 5) is 4.04. The van der Waals surface area contributed by atoms with Crippen LogP contribution in [0.25, 0.3) is 10.8 Å². The smallest absolute Gasteiger partial charge is 0.127 e. The molecule has 5 radical (unpaired) electrons. The fourth-order valence-electron chi connectivity index (χ4n) is 4.48. The van der Waals surface area contributed by atoms with Gasteiger partial charge in [-0.15, -0.1) is 0 Å². The predicted octanol–water partition coefficient (Wildman–Crippen LogP) is 6.20. The predicted molar refractivity (Wildman–Crippen MR) is 112 cm³/mol. The molecule has 0 amide bonds. The van der Waals surface area contributed by atoms with Crippen molar-refractivity contribution in [3.63, 3.8) is 0 Å². The van der Waals surface area contributed by atoms with E-state index in [0.29, 0.717) is 6.04 Å². The minimum absolute atomic E-state index is 0.335. The van der Waals surface area contributed by atoms with Gasteiger partial charge in [0.2, 0.25) is 0 Å². The summed E-state index contributed by atoms with van der Waals surface area (Å²) in [6.07, 6.45) is 0. The summed E-state index contributed by atoms with van der Waals surface area (Å²) < 4.78 is 0. The zero-order valence-corrected chi connectivity index (χ0v) is 17.6. The maximum Gasteiger partial charge on any atom is 0.127 e. The standard InChI is InChI=1S/C23H30NSi/c1-15-16(2)18(4)23(17(15)3)25(6,7)24-19(5)21-14-10-12-20-11-8-9-13-22(20)21/h8-14,19,24H,1-7H3/t19-/m1/s1. The van der Waals surface area contributed by atoms with Crippen molar-refractivity contribution < 1.29 is 0 Å². The van der Waals surface area contributed by atoms with Crippen molar-refractivity contribution in [1.29, 1.82) is 0 Å². The van der Waals surface area contributed by atoms with E-state index in [9.17, 15) is 0 Å². The quantitative estimate of drug-likeness (QED) is 0.649. The Morgan fingerprint density at radius 1 is 0.760 bits per heavy atom. The molecule has 0 unspecified atom stereocenters. The third-order valence-electron chi connectivity index (χ3n) is 5.93. The van der Waals surface area contributed by atoms with Crippen LogP contribution in [0, 0.1) is 29.2 Å². The minimum Gasteiger partial charge on any atom is -0.331 e. The topological polar surface area (TPSA) is 12.0 Å². The van der Waals surface area contributed by atoms with E-state index in [1.54, 1.807) is 5.54 Å². The molecule has 0 saturated heterocycles. The molecule has 131 valence electrons. The Hall–Kier alpha value is -1.12. The van der Waals surface area contributed by atoms with Crippen molar-refractivity contribution in [3.05, 3.63) is 77.2 Å². The molecular formula is C23H30NSi.